The second kappa shape index (κ2) is 4.35. The predicted octanol–water partition coefficient (Wildman–Crippen LogP) is -0.811. The minimum Gasteiger partial charge on any atom is -0.347 e. The molecule has 0 aliphatic carbocycles. The highest BCUT2D eigenvalue weighted by Gasteiger charge is 2.27. The van der Waals surface area contributed by atoms with Crippen LogP contribution in [-0.4, -0.2) is 32.6 Å². The van der Waals surface area contributed by atoms with Crippen LogP contribution < -0.4 is 11.1 Å². The zero-order valence-electron chi connectivity index (χ0n) is 9.11. The number of nitrogens with two attached hydrogens (primary N) is 1. The van der Waals surface area contributed by atoms with Gasteiger partial charge in [0.25, 0.3) is 0 Å². The number of hydrogen-bond acceptors (Lipinski definition) is 5. The van der Waals surface area contributed by atoms with Crippen LogP contribution >= 0.6 is 0 Å². The van der Waals surface area contributed by atoms with Crippen molar-refractivity contribution < 1.29 is 4.79 Å². The van der Waals surface area contributed by atoms with Gasteiger partial charge in [-0.25, -0.2) is 0 Å². The number of amides is 1. The number of carbonyl (C=O) groups excluding carboxylic acids is 1. The van der Waals surface area contributed by atoms with Crippen LogP contribution in [0.25, 0.3) is 0 Å². The van der Waals surface area contributed by atoms with E-state index in [2.05, 4.69) is 25.9 Å². The van der Waals surface area contributed by atoms with E-state index in [1.54, 1.807) is 0 Å². The molecule has 0 saturated heterocycles. The summed E-state index contributed by atoms with van der Waals surface area (Å²) >= 11 is 0. The molecule has 0 unspecified atom stereocenters. The predicted molar refractivity (Wildman–Crippen MR) is 53.5 cm³/mol. The van der Waals surface area contributed by atoms with Crippen LogP contribution in [0.3, 0.4) is 0 Å². The summed E-state index contributed by atoms with van der Waals surface area (Å²) in [6, 6.07) is -0.551. The van der Waals surface area contributed by atoms with E-state index in [9.17, 15) is 4.79 Å². The molecule has 1 aromatic heterocycles. The van der Waals surface area contributed by atoms with Crippen LogP contribution in [0, 0.1) is 5.41 Å². The van der Waals surface area contributed by atoms with E-state index in [0.717, 1.165) is 0 Å². The van der Waals surface area contributed by atoms with Gasteiger partial charge in [0.05, 0.1) is 12.6 Å². The molecule has 7 heteroatoms. The Bertz CT molecular complexity index is 314. The number of nitrogens with one attached hydrogen (secondary N) is 2. The van der Waals surface area contributed by atoms with E-state index in [1.807, 2.05) is 20.8 Å². The number of tetrazole rings is 1. The van der Waals surface area contributed by atoms with E-state index >= 15 is 0 Å². The van der Waals surface area contributed by atoms with Crippen molar-refractivity contribution in [3.8, 4) is 0 Å². The topological polar surface area (TPSA) is 110 Å². The van der Waals surface area contributed by atoms with Gasteiger partial charge in [-0.1, -0.05) is 26.0 Å². The third-order valence-electron chi connectivity index (χ3n) is 2.03. The molecule has 0 fully saturated rings. The first-order valence-corrected chi connectivity index (χ1v) is 4.67. The molecule has 1 amide bonds. The summed E-state index contributed by atoms with van der Waals surface area (Å²) in [6.45, 7) is 5.96. The third-order valence-corrected chi connectivity index (χ3v) is 2.03. The quantitative estimate of drug-likeness (QED) is 0.607. The van der Waals surface area contributed by atoms with Crippen molar-refractivity contribution in [2.45, 2.75) is 33.4 Å². The second-order valence-corrected chi connectivity index (χ2v) is 4.39. The largest absolute Gasteiger partial charge is 0.347 e. The Morgan fingerprint density at radius 3 is 2.73 bits per heavy atom. The summed E-state index contributed by atoms with van der Waals surface area (Å²) in [5.41, 5.74) is 5.49. The van der Waals surface area contributed by atoms with Crippen LogP contribution in [-0.2, 0) is 11.3 Å². The van der Waals surface area contributed by atoms with Crippen molar-refractivity contribution in [2.24, 2.45) is 11.1 Å². The fourth-order valence-electron chi connectivity index (χ4n) is 0.927. The molecule has 0 radical (unpaired) electrons. The van der Waals surface area contributed by atoms with Gasteiger partial charge in [-0.3, -0.25) is 4.79 Å². The van der Waals surface area contributed by atoms with Gasteiger partial charge in [-0.05, 0) is 5.41 Å². The Labute approximate surface area is 87.8 Å². The van der Waals surface area contributed by atoms with Crippen LogP contribution in [0.4, 0.5) is 0 Å². The van der Waals surface area contributed by atoms with E-state index in [1.165, 1.54) is 0 Å². The first-order chi connectivity index (χ1) is 6.91. The molecule has 1 atom stereocenters. The number of carbonyl (C=O) groups is 1. The Balaban J connectivity index is 2.43. The first-order valence-electron chi connectivity index (χ1n) is 4.67. The van der Waals surface area contributed by atoms with Gasteiger partial charge < -0.3 is 11.1 Å². The van der Waals surface area contributed by atoms with Crippen molar-refractivity contribution >= 4 is 5.91 Å². The summed E-state index contributed by atoms with van der Waals surface area (Å²) in [5, 5.41) is 15.7. The Hall–Kier alpha value is -1.50. The average molecular weight is 212 g/mol. The van der Waals surface area contributed by atoms with Gasteiger partial charge in [0.15, 0.2) is 5.82 Å². The Morgan fingerprint density at radius 1 is 1.60 bits per heavy atom. The molecule has 15 heavy (non-hydrogen) atoms. The molecule has 0 spiro atoms. The standard InChI is InChI=1S/C8H16N6O/c1-8(2,3)6(9)7(15)10-4-5-11-13-14-12-5/h6H,4,9H2,1-3H3,(H,10,15)(H,11,12,13,14)/t6-/m0/s1. The highest BCUT2D eigenvalue weighted by Crippen LogP contribution is 2.17. The molecule has 0 aliphatic rings. The minimum atomic E-state index is -0.551. The molecule has 1 aromatic rings. The highest BCUT2D eigenvalue weighted by molar-refractivity contribution is 5.82. The van der Waals surface area contributed by atoms with Crippen molar-refractivity contribution in [3.05, 3.63) is 5.82 Å². The molecule has 4 N–H and O–H groups in total. The molecular weight excluding hydrogens is 196 g/mol. The lowest BCUT2D eigenvalue weighted by molar-refractivity contribution is -0.124. The number of rotatable bonds is 3. The summed E-state index contributed by atoms with van der Waals surface area (Å²) in [4.78, 5) is 11.6. The molecule has 84 valence electrons. The number of nitrogens with zero attached hydrogens (tertiary/aromatic N) is 3. The number of aromatic amines is 1. The molecule has 0 aliphatic heterocycles. The summed E-state index contributed by atoms with van der Waals surface area (Å²) < 4.78 is 0. The van der Waals surface area contributed by atoms with Crippen molar-refractivity contribution in [1.82, 2.24) is 25.9 Å². The van der Waals surface area contributed by atoms with Crippen molar-refractivity contribution in [3.63, 3.8) is 0 Å². The van der Waals surface area contributed by atoms with Gasteiger partial charge in [-0.15, -0.1) is 10.2 Å². The molecule has 0 aromatic carbocycles. The Kier molecular flexibility index (Phi) is 3.35. The maximum Gasteiger partial charge on any atom is 0.237 e. The van der Waals surface area contributed by atoms with E-state index in [0.29, 0.717) is 5.82 Å². The third kappa shape index (κ3) is 3.28. The lowest BCUT2D eigenvalue weighted by atomic mass is 9.87. The maximum absolute atomic E-state index is 11.6. The van der Waals surface area contributed by atoms with E-state index in [4.69, 9.17) is 5.73 Å². The lowest BCUT2D eigenvalue weighted by Gasteiger charge is -2.25. The fourth-order valence-corrected chi connectivity index (χ4v) is 0.927. The van der Waals surface area contributed by atoms with Gasteiger partial charge in [0.1, 0.15) is 0 Å². The smallest absolute Gasteiger partial charge is 0.237 e. The van der Waals surface area contributed by atoms with Gasteiger partial charge in [0.2, 0.25) is 5.91 Å². The average Bonchev–Trinajstić information content (AvgIpc) is 2.63. The normalized spacial score (nSPS) is 13.6. The number of aromatic nitrogens is 4. The summed E-state index contributed by atoms with van der Waals surface area (Å²) in [5.74, 6) is 0.219. The van der Waals surface area contributed by atoms with Gasteiger partial charge in [-0.2, -0.15) is 5.21 Å². The second-order valence-electron chi connectivity index (χ2n) is 4.39. The molecule has 0 bridgehead atoms. The van der Waals surface area contributed by atoms with Gasteiger partial charge in [0, 0.05) is 0 Å². The Morgan fingerprint density at radius 2 is 2.27 bits per heavy atom. The van der Waals surface area contributed by atoms with Crippen LogP contribution in [0.2, 0.25) is 0 Å². The maximum atomic E-state index is 11.6. The zero-order valence-corrected chi connectivity index (χ0v) is 9.11. The molecule has 7 nitrogen and oxygen atoms in total. The van der Waals surface area contributed by atoms with Gasteiger partial charge >= 0.3 is 0 Å². The zero-order chi connectivity index (χ0) is 11.5. The molecule has 0 saturated carbocycles. The van der Waals surface area contributed by atoms with Crippen LogP contribution in [0.15, 0.2) is 0 Å². The van der Waals surface area contributed by atoms with Crippen LogP contribution in [0.5, 0.6) is 0 Å². The fraction of sp³-hybridized carbons (Fsp3) is 0.750. The summed E-state index contributed by atoms with van der Waals surface area (Å²) in [6.07, 6.45) is 0. The highest BCUT2D eigenvalue weighted by atomic mass is 16.2. The lowest BCUT2D eigenvalue weighted by Crippen LogP contribution is -2.48. The minimum absolute atomic E-state index is 0.215. The SMILES string of the molecule is CC(C)(C)[C@@H](N)C(=O)NCc1nn[nH]n1. The van der Waals surface area contributed by atoms with Crippen LogP contribution in [0.1, 0.15) is 26.6 Å². The van der Waals surface area contributed by atoms with Crippen molar-refractivity contribution in [1.29, 1.82) is 0 Å². The molecular formula is C8H16N6O. The molecule has 1 rings (SSSR count). The monoisotopic (exact) mass is 212 g/mol. The molecule has 1 heterocycles. The van der Waals surface area contributed by atoms with E-state index < -0.39 is 6.04 Å². The number of hydrogen-bond donors (Lipinski definition) is 3. The van der Waals surface area contributed by atoms with Crippen molar-refractivity contribution in [2.75, 3.05) is 0 Å². The number of H-pyrrole nitrogens is 1. The summed E-state index contributed by atoms with van der Waals surface area (Å²) in [7, 11) is 0. The first kappa shape index (κ1) is 11.6. The van der Waals surface area contributed by atoms with E-state index in [-0.39, 0.29) is 17.9 Å².